The number of halogens is 2. The molecule has 0 heterocycles. The van der Waals surface area contributed by atoms with Crippen LogP contribution in [0.25, 0.3) is 0 Å². The number of amides is 1. The fourth-order valence-corrected chi connectivity index (χ4v) is 3.43. The number of nitrogens with one attached hydrogen (secondary N) is 1. The van der Waals surface area contributed by atoms with E-state index in [0.717, 1.165) is 31.7 Å². The van der Waals surface area contributed by atoms with E-state index in [-0.39, 0.29) is 30.4 Å². The molecule has 2 aliphatic rings. The minimum Gasteiger partial charge on any atom is -0.396 e. The van der Waals surface area contributed by atoms with Gasteiger partial charge in [0.2, 0.25) is 5.91 Å². The van der Waals surface area contributed by atoms with Crippen LogP contribution in [-0.2, 0) is 4.79 Å². The van der Waals surface area contributed by atoms with Gasteiger partial charge in [-0.2, -0.15) is 0 Å². The van der Waals surface area contributed by atoms with Gasteiger partial charge < -0.3 is 10.4 Å². The average molecular weight is 309 g/mol. The Kier molecular flexibility index (Phi) is 4.43. The molecule has 0 saturated heterocycles. The first-order valence-corrected chi connectivity index (χ1v) is 7.94. The SMILES string of the molecule is O=C(NC1CCC(CO)CC1)C1CC1c1ccc(F)cc1F. The largest absolute Gasteiger partial charge is 0.396 e. The van der Waals surface area contributed by atoms with E-state index >= 15 is 0 Å². The van der Waals surface area contributed by atoms with Crippen molar-refractivity contribution in [2.24, 2.45) is 11.8 Å². The highest BCUT2D eigenvalue weighted by atomic mass is 19.1. The normalized spacial score (nSPS) is 30.9. The third-order valence-electron chi connectivity index (χ3n) is 4.94. The van der Waals surface area contributed by atoms with Crippen LogP contribution in [0.5, 0.6) is 0 Å². The van der Waals surface area contributed by atoms with E-state index in [0.29, 0.717) is 17.9 Å². The van der Waals surface area contributed by atoms with E-state index in [1.54, 1.807) is 0 Å². The molecule has 5 heteroatoms. The Morgan fingerprint density at radius 3 is 2.59 bits per heavy atom. The van der Waals surface area contributed by atoms with Crippen molar-refractivity contribution in [2.75, 3.05) is 6.61 Å². The molecule has 2 atom stereocenters. The lowest BCUT2D eigenvalue weighted by Gasteiger charge is -2.28. The third kappa shape index (κ3) is 3.29. The minimum atomic E-state index is -0.594. The standard InChI is InChI=1S/C17H21F2NO2/c18-11-3-6-13(16(19)7-11)14-8-15(14)17(22)20-12-4-1-10(9-21)2-5-12/h3,6-7,10,12,14-15,21H,1-2,4-5,8-9H2,(H,20,22). The smallest absolute Gasteiger partial charge is 0.223 e. The minimum absolute atomic E-state index is 0.0267. The zero-order chi connectivity index (χ0) is 15.7. The van der Waals surface area contributed by atoms with Crippen LogP contribution in [-0.4, -0.2) is 23.7 Å². The van der Waals surface area contributed by atoms with E-state index in [4.69, 9.17) is 5.11 Å². The molecule has 2 unspecified atom stereocenters. The highest BCUT2D eigenvalue weighted by Crippen LogP contribution is 2.48. The molecule has 3 nitrogen and oxygen atoms in total. The summed E-state index contributed by atoms with van der Waals surface area (Å²) in [6.45, 7) is 0.217. The van der Waals surface area contributed by atoms with Crippen molar-refractivity contribution in [2.45, 2.75) is 44.1 Å². The third-order valence-corrected chi connectivity index (χ3v) is 4.94. The zero-order valence-electron chi connectivity index (χ0n) is 12.4. The van der Waals surface area contributed by atoms with Gasteiger partial charge in [0.05, 0.1) is 0 Å². The molecule has 2 aliphatic carbocycles. The van der Waals surface area contributed by atoms with Gasteiger partial charge in [-0.25, -0.2) is 8.78 Å². The van der Waals surface area contributed by atoms with Gasteiger partial charge in [0, 0.05) is 24.6 Å². The van der Waals surface area contributed by atoms with Gasteiger partial charge in [0.15, 0.2) is 0 Å². The number of aliphatic hydroxyl groups excluding tert-OH is 1. The van der Waals surface area contributed by atoms with Crippen LogP contribution < -0.4 is 5.32 Å². The lowest BCUT2D eigenvalue weighted by molar-refractivity contribution is -0.123. The lowest BCUT2D eigenvalue weighted by atomic mass is 9.86. The van der Waals surface area contributed by atoms with Crippen LogP contribution in [0.1, 0.15) is 43.6 Å². The number of carbonyl (C=O) groups is 1. The average Bonchev–Trinajstić information content (AvgIpc) is 3.28. The molecule has 1 aromatic rings. The summed E-state index contributed by atoms with van der Waals surface area (Å²) in [5.74, 6) is -1.16. The van der Waals surface area contributed by atoms with Crippen LogP contribution in [0.4, 0.5) is 8.78 Å². The number of hydrogen-bond acceptors (Lipinski definition) is 2. The molecule has 0 bridgehead atoms. The number of rotatable bonds is 4. The van der Waals surface area contributed by atoms with Crippen molar-refractivity contribution in [3.63, 3.8) is 0 Å². The summed E-state index contributed by atoms with van der Waals surface area (Å²) in [4.78, 5) is 12.2. The van der Waals surface area contributed by atoms with Gasteiger partial charge >= 0.3 is 0 Å². The Morgan fingerprint density at radius 1 is 1.23 bits per heavy atom. The highest BCUT2D eigenvalue weighted by Gasteiger charge is 2.45. The van der Waals surface area contributed by atoms with E-state index < -0.39 is 11.6 Å². The number of hydrogen-bond donors (Lipinski definition) is 2. The summed E-state index contributed by atoms with van der Waals surface area (Å²) in [5.41, 5.74) is 0.436. The van der Waals surface area contributed by atoms with Crippen molar-refractivity contribution in [1.82, 2.24) is 5.32 Å². The van der Waals surface area contributed by atoms with E-state index in [2.05, 4.69) is 5.32 Å². The number of benzene rings is 1. The maximum absolute atomic E-state index is 13.7. The Labute approximate surface area is 128 Å². The molecule has 22 heavy (non-hydrogen) atoms. The van der Waals surface area contributed by atoms with Crippen LogP contribution >= 0.6 is 0 Å². The fraction of sp³-hybridized carbons (Fsp3) is 0.588. The monoisotopic (exact) mass is 309 g/mol. The molecule has 0 aromatic heterocycles. The molecule has 2 fully saturated rings. The summed E-state index contributed by atoms with van der Waals surface area (Å²) in [7, 11) is 0. The molecular weight excluding hydrogens is 288 g/mol. The van der Waals surface area contributed by atoms with Gasteiger partial charge in [-0.1, -0.05) is 6.07 Å². The topological polar surface area (TPSA) is 49.3 Å². The first kappa shape index (κ1) is 15.4. The molecule has 0 spiro atoms. The van der Waals surface area contributed by atoms with E-state index in [1.807, 2.05) is 0 Å². The fourth-order valence-electron chi connectivity index (χ4n) is 3.43. The van der Waals surface area contributed by atoms with Crippen LogP contribution in [0, 0.1) is 23.5 Å². The van der Waals surface area contributed by atoms with Crippen LogP contribution in [0.2, 0.25) is 0 Å². The highest BCUT2D eigenvalue weighted by molar-refractivity contribution is 5.83. The summed E-state index contributed by atoms with van der Waals surface area (Å²) in [6, 6.07) is 3.71. The van der Waals surface area contributed by atoms with Crippen molar-refractivity contribution >= 4 is 5.91 Å². The van der Waals surface area contributed by atoms with Crippen molar-refractivity contribution in [3.8, 4) is 0 Å². The Hall–Kier alpha value is -1.49. The van der Waals surface area contributed by atoms with Gasteiger partial charge in [0.1, 0.15) is 11.6 Å². The molecule has 1 aromatic carbocycles. The maximum Gasteiger partial charge on any atom is 0.223 e. The first-order chi connectivity index (χ1) is 10.6. The van der Waals surface area contributed by atoms with Crippen molar-refractivity contribution < 1.29 is 18.7 Å². The van der Waals surface area contributed by atoms with Crippen LogP contribution in [0.15, 0.2) is 18.2 Å². The van der Waals surface area contributed by atoms with Gasteiger partial charge in [-0.3, -0.25) is 4.79 Å². The predicted molar refractivity (Wildman–Crippen MR) is 78.2 cm³/mol. The Morgan fingerprint density at radius 2 is 1.95 bits per heavy atom. The molecule has 120 valence electrons. The predicted octanol–water partition coefficient (Wildman–Crippen LogP) is 2.74. The number of carbonyl (C=O) groups excluding carboxylic acids is 1. The molecular formula is C17H21F2NO2. The quantitative estimate of drug-likeness (QED) is 0.898. The van der Waals surface area contributed by atoms with Gasteiger partial charge in [0.25, 0.3) is 0 Å². The summed E-state index contributed by atoms with van der Waals surface area (Å²) >= 11 is 0. The van der Waals surface area contributed by atoms with E-state index in [9.17, 15) is 13.6 Å². The summed E-state index contributed by atoms with van der Waals surface area (Å²) in [5, 5.41) is 12.2. The van der Waals surface area contributed by atoms with Crippen molar-refractivity contribution in [3.05, 3.63) is 35.4 Å². The second-order valence-corrected chi connectivity index (χ2v) is 6.52. The van der Waals surface area contributed by atoms with Gasteiger partial charge in [-0.05, 0) is 55.6 Å². The lowest BCUT2D eigenvalue weighted by Crippen LogP contribution is -2.39. The van der Waals surface area contributed by atoms with Gasteiger partial charge in [-0.15, -0.1) is 0 Å². The maximum atomic E-state index is 13.7. The first-order valence-electron chi connectivity index (χ1n) is 7.94. The van der Waals surface area contributed by atoms with Crippen molar-refractivity contribution in [1.29, 1.82) is 0 Å². The number of aliphatic hydroxyl groups is 1. The molecule has 0 radical (unpaired) electrons. The van der Waals surface area contributed by atoms with Crippen LogP contribution in [0.3, 0.4) is 0 Å². The molecule has 3 rings (SSSR count). The zero-order valence-corrected chi connectivity index (χ0v) is 12.4. The summed E-state index contributed by atoms with van der Waals surface area (Å²) < 4.78 is 26.6. The Bertz CT molecular complexity index is 556. The molecule has 2 saturated carbocycles. The second kappa shape index (κ2) is 6.32. The van der Waals surface area contributed by atoms with E-state index in [1.165, 1.54) is 12.1 Å². The molecule has 0 aliphatic heterocycles. The molecule has 1 amide bonds. The summed E-state index contributed by atoms with van der Waals surface area (Å²) in [6.07, 6.45) is 4.27. The molecule has 2 N–H and O–H groups in total. The second-order valence-electron chi connectivity index (χ2n) is 6.52. The Balaban J connectivity index is 1.53.